The number of nitrogens with one attached hydrogen (secondary N) is 2. The second-order valence-corrected chi connectivity index (χ2v) is 7.19. The van der Waals surface area contributed by atoms with E-state index in [1.807, 2.05) is 24.4 Å². The van der Waals surface area contributed by atoms with E-state index in [1.165, 1.54) is 10.5 Å². The third kappa shape index (κ3) is 7.78. The van der Waals surface area contributed by atoms with Crippen LogP contribution in [0.1, 0.15) is 17.8 Å². The molecule has 0 radical (unpaired) electrons. The van der Waals surface area contributed by atoms with Crippen LogP contribution in [0.5, 0.6) is 0 Å². The quantitative estimate of drug-likeness (QED) is 0.325. The van der Waals surface area contributed by atoms with Crippen LogP contribution in [0.4, 0.5) is 13.2 Å². The van der Waals surface area contributed by atoms with Crippen molar-refractivity contribution >= 4 is 29.9 Å². The zero-order valence-electron chi connectivity index (χ0n) is 16.9. The lowest BCUT2D eigenvalue weighted by Gasteiger charge is -2.19. The third-order valence-corrected chi connectivity index (χ3v) is 4.88. The number of alkyl halides is 3. The van der Waals surface area contributed by atoms with E-state index in [-0.39, 0.29) is 30.0 Å². The summed E-state index contributed by atoms with van der Waals surface area (Å²) in [5, 5.41) is 6.45. The topological polar surface area (TPSA) is 57.5 Å². The number of hydrogen-bond donors (Lipinski definition) is 2. The molecule has 1 fully saturated rings. The number of benzene rings is 1. The summed E-state index contributed by atoms with van der Waals surface area (Å²) in [6.07, 6.45) is 0.975. The van der Waals surface area contributed by atoms with Gasteiger partial charge in [-0.05, 0) is 12.0 Å². The highest BCUT2D eigenvalue weighted by Gasteiger charge is 2.34. The zero-order valence-corrected chi connectivity index (χ0v) is 19.2. The highest BCUT2D eigenvalue weighted by Crippen LogP contribution is 2.19. The second kappa shape index (κ2) is 11.5. The minimum absolute atomic E-state index is 0. The molecule has 10 heteroatoms. The Morgan fingerprint density at radius 1 is 1.27 bits per heavy atom. The molecule has 3 rings (SSSR count). The van der Waals surface area contributed by atoms with E-state index >= 15 is 0 Å². The number of aromatic nitrogens is 2. The highest BCUT2D eigenvalue weighted by atomic mass is 127. The minimum atomic E-state index is -4.16. The summed E-state index contributed by atoms with van der Waals surface area (Å²) in [5.74, 6) is 1.57. The Bertz CT molecular complexity index is 793. The number of imidazole rings is 1. The van der Waals surface area contributed by atoms with Gasteiger partial charge in [0.05, 0.1) is 6.54 Å². The van der Waals surface area contributed by atoms with Crippen LogP contribution in [-0.4, -0.2) is 65.9 Å². The van der Waals surface area contributed by atoms with Gasteiger partial charge in [-0.25, -0.2) is 4.98 Å². The molecule has 2 aromatic rings. The summed E-state index contributed by atoms with van der Waals surface area (Å²) < 4.78 is 39.7. The lowest BCUT2D eigenvalue weighted by Crippen LogP contribution is -2.45. The molecule has 166 valence electrons. The lowest BCUT2D eigenvalue weighted by molar-refractivity contribution is -0.143. The van der Waals surface area contributed by atoms with Crippen molar-refractivity contribution in [3.05, 3.63) is 54.1 Å². The van der Waals surface area contributed by atoms with Crippen molar-refractivity contribution in [2.24, 2.45) is 4.99 Å². The molecule has 0 amide bonds. The summed E-state index contributed by atoms with van der Waals surface area (Å²) in [7, 11) is 1.66. The predicted octanol–water partition coefficient (Wildman–Crippen LogP) is 2.89. The molecular weight excluding hydrogens is 508 g/mol. The Morgan fingerprint density at radius 3 is 2.73 bits per heavy atom. The maximum atomic E-state index is 12.5. The maximum absolute atomic E-state index is 12.5. The van der Waals surface area contributed by atoms with Crippen molar-refractivity contribution in [3.8, 4) is 0 Å². The number of aliphatic imine (C=N–C) groups is 1. The molecule has 1 saturated heterocycles. The van der Waals surface area contributed by atoms with E-state index in [9.17, 15) is 13.2 Å². The summed E-state index contributed by atoms with van der Waals surface area (Å²) >= 11 is 0. The van der Waals surface area contributed by atoms with Crippen molar-refractivity contribution in [2.45, 2.75) is 31.6 Å². The molecule has 0 aliphatic carbocycles. The monoisotopic (exact) mass is 536 g/mol. The normalized spacial score (nSPS) is 17.6. The lowest BCUT2D eigenvalue weighted by atomic mass is 10.2. The first-order valence-corrected chi connectivity index (χ1v) is 9.73. The van der Waals surface area contributed by atoms with Gasteiger partial charge in [-0.2, -0.15) is 13.2 Å². The van der Waals surface area contributed by atoms with Crippen molar-refractivity contribution in [2.75, 3.05) is 33.2 Å². The van der Waals surface area contributed by atoms with Crippen LogP contribution in [0.3, 0.4) is 0 Å². The molecule has 0 bridgehead atoms. The fourth-order valence-electron chi connectivity index (χ4n) is 3.52. The van der Waals surface area contributed by atoms with E-state index in [0.29, 0.717) is 38.4 Å². The Morgan fingerprint density at radius 2 is 2.03 bits per heavy atom. The number of hydrogen-bond acceptors (Lipinski definition) is 3. The molecule has 1 aromatic carbocycles. The van der Waals surface area contributed by atoms with Gasteiger partial charge in [0.1, 0.15) is 5.82 Å². The van der Waals surface area contributed by atoms with E-state index in [4.69, 9.17) is 0 Å². The average Bonchev–Trinajstić information content (AvgIpc) is 3.30. The maximum Gasteiger partial charge on any atom is 0.401 e. The van der Waals surface area contributed by atoms with E-state index < -0.39 is 12.7 Å². The van der Waals surface area contributed by atoms with Gasteiger partial charge in [-0.3, -0.25) is 9.89 Å². The second-order valence-electron chi connectivity index (χ2n) is 7.19. The Labute approximate surface area is 192 Å². The molecule has 6 nitrogen and oxygen atoms in total. The molecule has 0 spiro atoms. The molecule has 1 aliphatic rings. The molecule has 1 atom stereocenters. The Kier molecular flexibility index (Phi) is 9.40. The molecule has 1 aromatic heterocycles. The molecular formula is C20H28F3IN6. The van der Waals surface area contributed by atoms with E-state index in [1.54, 1.807) is 13.2 Å². The predicted molar refractivity (Wildman–Crippen MR) is 122 cm³/mol. The number of nitrogens with zero attached hydrogens (tertiary/aromatic N) is 4. The SMILES string of the molecule is CN=C(NCCc1nccn1Cc1ccccc1)NC1CCN(CC(F)(F)F)C1.I. The molecule has 1 aliphatic heterocycles. The van der Waals surface area contributed by atoms with Crippen LogP contribution in [0, 0.1) is 0 Å². The standard InChI is InChI=1S/C20H27F3N6.HI/c1-24-19(27-17-8-11-28(14-17)15-20(21,22)23)26-9-7-18-25-10-12-29(18)13-16-5-3-2-4-6-16;/h2-6,10,12,17H,7-9,11,13-15H2,1H3,(H2,24,26,27);1H. The van der Waals surface area contributed by atoms with Gasteiger partial charge in [0.2, 0.25) is 0 Å². The van der Waals surface area contributed by atoms with Gasteiger partial charge in [-0.1, -0.05) is 30.3 Å². The van der Waals surface area contributed by atoms with Gasteiger partial charge >= 0.3 is 6.18 Å². The zero-order chi connectivity index (χ0) is 20.7. The van der Waals surface area contributed by atoms with Crippen molar-refractivity contribution in [3.63, 3.8) is 0 Å². The summed E-state index contributed by atoms with van der Waals surface area (Å²) in [6.45, 7) is 1.33. The minimum Gasteiger partial charge on any atom is -0.356 e. The van der Waals surface area contributed by atoms with Crippen LogP contribution >= 0.6 is 24.0 Å². The summed E-state index contributed by atoms with van der Waals surface area (Å²) in [6, 6.07) is 10.1. The first-order valence-electron chi connectivity index (χ1n) is 9.73. The average molecular weight is 536 g/mol. The van der Waals surface area contributed by atoms with E-state index in [2.05, 4.69) is 37.3 Å². The highest BCUT2D eigenvalue weighted by molar-refractivity contribution is 14.0. The Balaban J connectivity index is 0.00000320. The van der Waals surface area contributed by atoms with Gasteiger partial charge in [0.15, 0.2) is 5.96 Å². The first kappa shape index (κ1) is 24.4. The largest absolute Gasteiger partial charge is 0.401 e. The van der Waals surface area contributed by atoms with Gasteiger partial charge in [-0.15, -0.1) is 24.0 Å². The number of likely N-dealkylation sites (tertiary alicyclic amines) is 1. The Hall–Kier alpha value is -1.82. The summed E-state index contributed by atoms with van der Waals surface area (Å²) in [4.78, 5) is 10.0. The van der Waals surface area contributed by atoms with Crippen molar-refractivity contribution < 1.29 is 13.2 Å². The van der Waals surface area contributed by atoms with Crippen molar-refractivity contribution in [1.29, 1.82) is 0 Å². The fraction of sp³-hybridized carbons (Fsp3) is 0.500. The number of guanidine groups is 1. The van der Waals surface area contributed by atoms with Gasteiger partial charge in [0.25, 0.3) is 0 Å². The van der Waals surface area contributed by atoms with Crippen LogP contribution in [-0.2, 0) is 13.0 Å². The number of halogens is 4. The van der Waals surface area contributed by atoms with Crippen LogP contribution < -0.4 is 10.6 Å². The smallest absolute Gasteiger partial charge is 0.356 e. The first-order chi connectivity index (χ1) is 13.9. The molecule has 2 N–H and O–H groups in total. The fourth-order valence-corrected chi connectivity index (χ4v) is 3.52. The van der Waals surface area contributed by atoms with Crippen molar-refractivity contribution in [1.82, 2.24) is 25.1 Å². The third-order valence-electron chi connectivity index (χ3n) is 4.88. The van der Waals surface area contributed by atoms with Gasteiger partial charge < -0.3 is 15.2 Å². The molecule has 0 saturated carbocycles. The van der Waals surface area contributed by atoms with E-state index in [0.717, 1.165) is 12.4 Å². The van der Waals surface area contributed by atoms with Crippen LogP contribution in [0.15, 0.2) is 47.7 Å². The van der Waals surface area contributed by atoms with Crippen LogP contribution in [0.2, 0.25) is 0 Å². The summed E-state index contributed by atoms with van der Waals surface area (Å²) in [5.41, 5.74) is 1.21. The molecule has 30 heavy (non-hydrogen) atoms. The van der Waals surface area contributed by atoms with Gasteiger partial charge in [0, 0.05) is 58.1 Å². The van der Waals surface area contributed by atoms with Crippen LogP contribution in [0.25, 0.3) is 0 Å². The molecule has 2 heterocycles. The number of rotatable bonds is 7. The molecule has 1 unspecified atom stereocenters.